The molecule has 1 unspecified atom stereocenters. The quantitative estimate of drug-likeness (QED) is 0.721. The number of esters is 1. The van der Waals surface area contributed by atoms with Gasteiger partial charge in [-0.2, -0.15) is 0 Å². The summed E-state index contributed by atoms with van der Waals surface area (Å²) in [4.78, 5) is 24.5. The fraction of sp³-hybridized carbons (Fsp3) is 0.444. The molecular formula is C18H24N2O6. The van der Waals surface area contributed by atoms with Crippen molar-refractivity contribution in [2.45, 2.75) is 25.8 Å². The van der Waals surface area contributed by atoms with Crippen molar-refractivity contribution in [1.29, 1.82) is 0 Å². The van der Waals surface area contributed by atoms with Gasteiger partial charge in [0, 0.05) is 5.70 Å². The summed E-state index contributed by atoms with van der Waals surface area (Å²) in [5.41, 5.74) is 1.51. The standard InChI is InChI=1S/C18H24N2O6/c1-6-7-11-14(17(21)26-5)15(20-18(22)19-11)10-8-12(23-2)16(25-4)13(9-10)24-3/h8-9,15H,6-7H2,1-5H3,(H2,19,20,22). The van der Waals surface area contributed by atoms with E-state index in [1.807, 2.05) is 6.92 Å². The molecule has 0 fully saturated rings. The third-order valence-electron chi connectivity index (χ3n) is 4.08. The number of carbonyl (C=O) groups is 2. The van der Waals surface area contributed by atoms with Crippen LogP contribution < -0.4 is 24.8 Å². The van der Waals surface area contributed by atoms with Crippen molar-refractivity contribution in [1.82, 2.24) is 10.6 Å². The second-order valence-electron chi connectivity index (χ2n) is 5.62. The van der Waals surface area contributed by atoms with Crippen molar-refractivity contribution < 1.29 is 28.5 Å². The van der Waals surface area contributed by atoms with E-state index in [9.17, 15) is 9.59 Å². The summed E-state index contributed by atoms with van der Waals surface area (Å²) >= 11 is 0. The summed E-state index contributed by atoms with van der Waals surface area (Å²) in [6, 6.07) is 2.31. The molecule has 1 aliphatic heterocycles. The number of methoxy groups -OCH3 is 4. The van der Waals surface area contributed by atoms with Gasteiger partial charge in [0.2, 0.25) is 5.75 Å². The molecule has 1 heterocycles. The van der Waals surface area contributed by atoms with Gasteiger partial charge in [0.1, 0.15) is 0 Å². The number of hydrogen-bond donors (Lipinski definition) is 2. The van der Waals surface area contributed by atoms with Crippen LogP contribution in [-0.4, -0.2) is 40.4 Å². The van der Waals surface area contributed by atoms with Gasteiger partial charge in [0.05, 0.1) is 40.1 Å². The van der Waals surface area contributed by atoms with Crippen LogP contribution in [-0.2, 0) is 9.53 Å². The van der Waals surface area contributed by atoms with E-state index in [2.05, 4.69) is 10.6 Å². The maximum Gasteiger partial charge on any atom is 0.337 e. The highest BCUT2D eigenvalue weighted by atomic mass is 16.5. The van der Waals surface area contributed by atoms with Gasteiger partial charge in [0.15, 0.2) is 11.5 Å². The summed E-state index contributed by atoms with van der Waals surface area (Å²) in [5.74, 6) is 0.767. The Kier molecular flexibility index (Phi) is 6.32. The number of ether oxygens (including phenoxy) is 4. The molecule has 26 heavy (non-hydrogen) atoms. The van der Waals surface area contributed by atoms with Gasteiger partial charge >= 0.3 is 12.0 Å². The lowest BCUT2D eigenvalue weighted by Crippen LogP contribution is -2.45. The third kappa shape index (κ3) is 3.68. The highest BCUT2D eigenvalue weighted by Crippen LogP contribution is 2.41. The molecule has 142 valence electrons. The van der Waals surface area contributed by atoms with E-state index < -0.39 is 12.0 Å². The minimum absolute atomic E-state index is 0.350. The van der Waals surface area contributed by atoms with Crippen LogP contribution in [0.2, 0.25) is 0 Å². The molecule has 0 aromatic heterocycles. The van der Waals surface area contributed by atoms with E-state index in [0.29, 0.717) is 40.5 Å². The monoisotopic (exact) mass is 364 g/mol. The highest BCUT2D eigenvalue weighted by Gasteiger charge is 2.34. The van der Waals surface area contributed by atoms with Crippen LogP contribution in [0.15, 0.2) is 23.4 Å². The van der Waals surface area contributed by atoms with E-state index in [-0.39, 0.29) is 6.03 Å². The molecular weight excluding hydrogens is 340 g/mol. The number of benzene rings is 1. The van der Waals surface area contributed by atoms with E-state index in [1.54, 1.807) is 12.1 Å². The van der Waals surface area contributed by atoms with Gasteiger partial charge in [-0.05, 0) is 24.1 Å². The molecule has 8 heteroatoms. The predicted octanol–water partition coefficient (Wildman–Crippen LogP) is 2.29. The first-order valence-corrected chi connectivity index (χ1v) is 8.19. The number of amides is 2. The lowest BCUT2D eigenvalue weighted by atomic mass is 9.93. The van der Waals surface area contributed by atoms with Crippen molar-refractivity contribution in [3.63, 3.8) is 0 Å². The van der Waals surface area contributed by atoms with Crippen LogP contribution in [0, 0.1) is 0 Å². The number of allylic oxidation sites excluding steroid dienone is 1. The van der Waals surface area contributed by atoms with Gasteiger partial charge in [0.25, 0.3) is 0 Å². The Morgan fingerprint density at radius 1 is 1.08 bits per heavy atom. The van der Waals surface area contributed by atoms with E-state index in [0.717, 1.165) is 6.42 Å². The van der Waals surface area contributed by atoms with Crippen molar-refractivity contribution in [2.75, 3.05) is 28.4 Å². The average molecular weight is 364 g/mol. The lowest BCUT2D eigenvalue weighted by molar-refractivity contribution is -0.136. The molecule has 1 aliphatic rings. The molecule has 0 bridgehead atoms. The normalized spacial score (nSPS) is 16.5. The fourth-order valence-electron chi connectivity index (χ4n) is 2.93. The van der Waals surface area contributed by atoms with Gasteiger partial charge in [-0.3, -0.25) is 0 Å². The zero-order valence-corrected chi connectivity index (χ0v) is 15.6. The summed E-state index contributed by atoms with van der Waals surface area (Å²) in [5, 5.41) is 5.47. The predicted molar refractivity (Wildman–Crippen MR) is 94.5 cm³/mol. The molecule has 1 aromatic carbocycles. The molecule has 0 spiro atoms. The SMILES string of the molecule is CCCC1=C(C(=O)OC)C(c2cc(OC)c(OC)c(OC)c2)NC(=O)N1. The van der Waals surface area contributed by atoms with Crippen molar-refractivity contribution in [3.8, 4) is 17.2 Å². The van der Waals surface area contributed by atoms with E-state index in [1.165, 1.54) is 28.4 Å². The number of hydrogen-bond acceptors (Lipinski definition) is 6. The Bertz CT molecular complexity index is 703. The largest absolute Gasteiger partial charge is 0.493 e. The van der Waals surface area contributed by atoms with Crippen LogP contribution in [0.25, 0.3) is 0 Å². The van der Waals surface area contributed by atoms with Gasteiger partial charge in [-0.25, -0.2) is 9.59 Å². The third-order valence-corrected chi connectivity index (χ3v) is 4.08. The topological polar surface area (TPSA) is 95.1 Å². The lowest BCUT2D eigenvalue weighted by Gasteiger charge is -2.29. The van der Waals surface area contributed by atoms with Crippen molar-refractivity contribution >= 4 is 12.0 Å². The molecule has 8 nitrogen and oxygen atoms in total. The molecule has 2 rings (SSSR count). The zero-order valence-electron chi connectivity index (χ0n) is 15.6. The van der Waals surface area contributed by atoms with Crippen molar-refractivity contribution in [2.24, 2.45) is 0 Å². The molecule has 0 radical (unpaired) electrons. The summed E-state index contributed by atoms with van der Waals surface area (Å²) in [6.07, 6.45) is 1.30. The molecule has 0 saturated heterocycles. The Hall–Kier alpha value is -2.90. The van der Waals surface area contributed by atoms with Gasteiger partial charge < -0.3 is 29.6 Å². The smallest absolute Gasteiger partial charge is 0.337 e. The first-order valence-electron chi connectivity index (χ1n) is 8.19. The fourth-order valence-corrected chi connectivity index (χ4v) is 2.93. The van der Waals surface area contributed by atoms with Gasteiger partial charge in [-0.15, -0.1) is 0 Å². The van der Waals surface area contributed by atoms with Crippen molar-refractivity contribution in [3.05, 3.63) is 29.0 Å². The first kappa shape index (κ1) is 19.4. The number of carbonyl (C=O) groups excluding carboxylic acids is 2. The van der Waals surface area contributed by atoms with Crippen LogP contribution >= 0.6 is 0 Å². The maximum absolute atomic E-state index is 12.4. The molecule has 2 amide bonds. The Labute approximate surface area is 152 Å². The second-order valence-corrected chi connectivity index (χ2v) is 5.62. The minimum atomic E-state index is -0.702. The minimum Gasteiger partial charge on any atom is -0.493 e. The number of urea groups is 1. The number of nitrogens with one attached hydrogen (secondary N) is 2. The molecule has 0 aliphatic carbocycles. The summed E-state index contributed by atoms with van der Waals surface area (Å²) < 4.78 is 21.0. The van der Waals surface area contributed by atoms with E-state index in [4.69, 9.17) is 18.9 Å². The highest BCUT2D eigenvalue weighted by molar-refractivity contribution is 5.95. The van der Waals surface area contributed by atoms with E-state index >= 15 is 0 Å². The average Bonchev–Trinajstić information content (AvgIpc) is 2.65. The van der Waals surface area contributed by atoms with Gasteiger partial charge in [-0.1, -0.05) is 13.3 Å². The van der Waals surface area contributed by atoms with Crippen LogP contribution in [0.4, 0.5) is 4.79 Å². The Morgan fingerprint density at radius 2 is 1.69 bits per heavy atom. The second kappa shape index (κ2) is 8.46. The molecule has 1 aromatic rings. The molecule has 2 N–H and O–H groups in total. The summed E-state index contributed by atoms with van der Waals surface area (Å²) in [7, 11) is 5.82. The zero-order chi connectivity index (χ0) is 19.3. The van der Waals surface area contributed by atoms with Crippen LogP contribution in [0.5, 0.6) is 17.2 Å². The maximum atomic E-state index is 12.4. The van der Waals surface area contributed by atoms with Crippen LogP contribution in [0.1, 0.15) is 31.4 Å². The molecule has 0 saturated carbocycles. The first-order chi connectivity index (χ1) is 12.5. The summed E-state index contributed by atoms with van der Waals surface area (Å²) in [6.45, 7) is 1.96. The number of rotatable bonds is 7. The van der Waals surface area contributed by atoms with Crippen LogP contribution in [0.3, 0.4) is 0 Å². The molecule has 1 atom stereocenters. The Morgan fingerprint density at radius 3 is 2.15 bits per heavy atom. The Balaban J connectivity index is 2.64.